The average Bonchev–Trinajstić information content (AvgIpc) is 2.45. The zero-order chi connectivity index (χ0) is 15.3. The van der Waals surface area contributed by atoms with Crippen LogP contribution in [0.2, 0.25) is 0 Å². The number of aliphatic hydroxyl groups is 1. The standard InChI is InChI=1S/C16H32N2O2/c1-12-6-7-18(10-13(2)8-12)15(20)17-11-16(4,5)9-14(3)19/h12-14,19H,6-11H2,1-5H3,(H,17,20). The smallest absolute Gasteiger partial charge is 0.317 e. The van der Waals surface area contributed by atoms with Crippen LogP contribution in [0, 0.1) is 17.3 Å². The topological polar surface area (TPSA) is 52.6 Å². The molecule has 118 valence electrons. The highest BCUT2D eigenvalue weighted by molar-refractivity contribution is 5.74. The van der Waals surface area contributed by atoms with Crippen molar-refractivity contribution in [3.05, 3.63) is 0 Å². The highest BCUT2D eigenvalue weighted by Crippen LogP contribution is 2.23. The highest BCUT2D eigenvalue weighted by Gasteiger charge is 2.25. The number of hydrogen-bond donors (Lipinski definition) is 2. The number of urea groups is 1. The third-order valence-electron chi connectivity index (χ3n) is 4.08. The van der Waals surface area contributed by atoms with Gasteiger partial charge in [-0.2, -0.15) is 0 Å². The minimum Gasteiger partial charge on any atom is -0.393 e. The molecule has 3 unspecified atom stereocenters. The van der Waals surface area contributed by atoms with Gasteiger partial charge in [-0.25, -0.2) is 4.79 Å². The van der Waals surface area contributed by atoms with Gasteiger partial charge in [0, 0.05) is 19.6 Å². The first-order chi connectivity index (χ1) is 9.19. The van der Waals surface area contributed by atoms with Gasteiger partial charge in [-0.1, -0.05) is 27.7 Å². The zero-order valence-electron chi connectivity index (χ0n) is 13.8. The van der Waals surface area contributed by atoms with E-state index in [0.717, 1.165) is 19.5 Å². The summed E-state index contributed by atoms with van der Waals surface area (Å²) in [5.41, 5.74) is -0.0748. The second kappa shape index (κ2) is 7.30. The molecule has 0 saturated carbocycles. The summed E-state index contributed by atoms with van der Waals surface area (Å²) in [6.45, 7) is 12.8. The normalized spacial score (nSPS) is 26.0. The minimum atomic E-state index is -0.332. The predicted octanol–water partition coefficient (Wildman–Crippen LogP) is 2.86. The van der Waals surface area contributed by atoms with Gasteiger partial charge in [0.05, 0.1) is 6.10 Å². The van der Waals surface area contributed by atoms with Gasteiger partial charge in [0.15, 0.2) is 0 Å². The number of hydrogen-bond acceptors (Lipinski definition) is 2. The van der Waals surface area contributed by atoms with Crippen molar-refractivity contribution in [3.8, 4) is 0 Å². The van der Waals surface area contributed by atoms with E-state index in [-0.39, 0.29) is 17.6 Å². The predicted molar refractivity (Wildman–Crippen MR) is 82.6 cm³/mol. The lowest BCUT2D eigenvalue weighted by molar-refractivity contribution is 0.126. The first-order valence-corrected chi connectivity index (χ1v) is 7.90. The van der Waals surface area contributed by atoms with Crippen LogP contribution < -0.4 is 5.32 Å². The fraction of sp³-hybridized carbons (Fsp3) is 0.938. The molecule has 0 radical (unpaired) electrons. The lowest BCUT2D eigenvalue weighted by atomic mass is 9.87. The van der Waals surface area contributed by atoms with Crippen LogP contribution in [0.25, 0.3) is 0 Å². The Hall–Kier alpha value is -0.770. The first-order valence-electron chi connectivity index (χ1n) is 7.90. The van der Waals surface area contributed by atoms with Crippen LogP contribution in [-0.2, 0) is 0 Å². The maximum atomic E-state index is 12.3. The van der Waals surface area contributed by atoms with E-state index in [0.29, 0.717) is 24.8 Å². The van der Waals surface area contributed by atoms with Crippen LogP contribution in [-0.4, -0.2) is 41.8 Å². The highest BCUT2D eigenvalue weighted by atomic mass is 16.3. The Morgan fingerprint density at radius 1 is 1.40 bits per heavy atom. The Balaban J connectivity index is 2.45. The Morgan fingerprint density at radius 3 is 2.65 bits per heavy atom. The summed E-state index contributed by atoms with van der Waals surface area (Å²) in [5.74, 6) is 1.28. The molecule has 0 spiro atoms. The van der Waals surface area contributed by atoms with Crippen LogP contribution in [0.4, 0.5) is 4.79 Å². The number of nitrogens with zero attached hydrogens (tertiary/aromatic N) is 1. The molecule has 1 heterocycles. The largest absolute Gasteiger partial charge is 0.393 e. The molecule has 0 aliphatic carbocycles. The minimum absolute atomic E-state index is 0.0459. The van der Waals surface area contributed by atoms with Crippen molar-refractivity contribution in [3.63, 3.8) is 0 Å². The van der Waals surface area contributed by atoms with E-state index in [9.17, 15) is 9.90 Å². The fourth-order valence-electron chi connectivity index (χ4n) is 3.21. The summed E-state index contributed by atoms with van der Waals surface area (Å²) in [4.78, 5) is 14.2. The van der Waals surface area contributed by atoms with Crippen LogP contribution >= 0.6 is 0 Å². The summed E-state index contributed by atoms with van der Waals surface area (Å²) < 4.78 is 0. The van der Waals surface area contributed by atoms with Crippen molar-refractivity contribution in [2.45, 2.75) is 60.0 Å². The third-order valence-corrected chi connectivity index (χ3v) is 4.08. The van der Waals surface area contributed by atoms with E-state index in [1.54, 1.807) is 6.92 Å². The van der Waals surface area contributed by atoms with Crippen molar-refractivity contribution < 1.29 is 9.90 Å². The molecule has 2 amide bonds. The van der Waals surface area contributed by atoms with E-state index in [4.69, 9.17) is 0 Å². The van der Waals surface area contributed by atoms with E-state index in [1.165, 1.54) is 6.42 Å². The van der Waals surface area contributed by atoms with Gasteiger partial charge >= 0.3 is 6.03 Å². The van der Waals surface area contributed by atoms with Crippen molar-refractivity contribution in [1.82, 2.24) is 10.2 Å². The van der Waals surface area contributed by atoms with E-state index >= 15 is 0 Å². The van der Waals surface area contributed by atoms with Crippen molar-refractivity contribution in [2.24, 2.45) is 17.3 Å². The van der Waals surface area contributed by atoms with Crippen LogP contribution in [0.5, 0.6) is 0 Å². The summed E-state index contributed by atoms with van der Waals surface area (Å²) >= 11 is 0. The number of nitrogens with one attached hydrogen (secondary N) is 1. The molecule has 4 nitrogen and oxygen atoms in total. The summed E-state index contributed by atoms with van der Waals surface area (Å²) in [6.07, 6.45) is 2.66. The molecule has 1 aliphatic heterocycles. The molecule has 1 fully saturated rings. The van der Waals surface area contributed by atoms with Gasteiger partial charge in [0.1, 0.15) is 0 Å². The molecule has 0 aromatic heterocycles. The molecule has 0 bridgehead atoms. The second-order valence-corrected chi connectivity index (χ2v) is 7.56. The van der Waals surface area contributed by atoms with Crippen LogP contribution in [0.3, 0.4) is 0 Å². The molecular weight excluding hydrogens is 252 g/mol. The van der Waals surface area contributed by atoms with Gasteiger partial charge in [0.2, 0.25) is 0 Å². The number of likely N-dealkylation sites (tertiary alicyclic amines) is 1. The van der Waals surface area contributed by atoms with Gasteiger partial charge in [0.25, 0.3) is 0 Å². The van der Waals surface area contributed by atoms with Crippen molar-refractivity contribution in [2.75, 3.05) is 19.6 Å². The van der Waals surface area contributed by atoms with Crippen LogP contribution in [0.15, 0.2) is 0 Å². The van der Waals surface area contributed by atoms with Gasteiger partial charge < -0.3 is 15.3 Å². The Kier molecular flexibility index (Phi) is 6.31. The maximum Gasteiger partial charge on any atom is 0.317 e. The molecule has 0 aromatic carbocycles. The number of rotatable bonds is 4. The van der Waals surface area contributed by atoms with Gasteiger partial charge in [-0.15, -0.1) is 0 Å². The molecule has 0 aromatic rings. The molecule has 1 saturated heterocycles. The fourth-order valence-corrected chi connectivity index (χ4v) is 3.21. The number of aliphatic hydroxyl groups excluding tert-OH is 1. The maximum absolute atomic E-state index is 12.3. The van der Waals surface area contributed by atoms with Gasteiger partial charge in [-0.3, -0.25) is 0 Å². The molecule has 1 aliphatic rings. The number of carbonyl (C=O) groups is 1. The Labute approximate surface area is 123 Å². The average molecular weight is 284 g/mol. The molecule has 1 rings (SSSR count). The second-order valence-electron chi connectivity index (χ2n) is 7.56. The van der Waals surface area contributed by atoms with Crippen molar-refractivity contribution >= 4 is 6.03 Å². The van der Waals surface area contributed by atoms with E-state index in [1.807, 2.05) is 4.90 Å². The first kappa shape index (κ1) is 17.3. The third kappa shape index (κ3) is 6.12. The number of amides is 2. The van der Waals surface area contributed by atoms with Crippen molar-refractivity contribution in [1.29, 1.82) is 0 Å². The molecular formula is C16H32N2O2. The molecule has 3 atom stereocenters. The summed E-state index contributed by atoms with van der Waals surface area (Å²) in [5, 5.41) is 12.5. The summed E-state index contributed by atoms with van der Waals surface area (Å²) in [7, 11) is 0. The lowest BCUT2D eigenvalue weighted by Crippen LogP contribution is -2.45. The monoisotopic (exact) mass is 284 g/mol. The lowest BCUT2D eigenvalue weighted by Gasteiger charge is -2.29. The van der Waals surface area contributed by atoms with E-state index in [2.05, 4.69) is 33.0 Å². The summed E-state index contributed by atoms with van der Waals surface area (Å²) in [6, 6.07) is 0.0459. The number of carbonyl (C=O) groups excluding carboxylic acids is 1. The quantitative estimate of drug-likeness (QED) is 0.834. The molecule has 4 heteroatoms. The SMILES string of the molecule is CC(O)CC(C)(C)CNC(=O)N1CCC(C)CC(C)C1. The zero-order valence-corrected chi connectivity index (χ0v) is 13.8. The Morgan fingerprint density at radius 2 is 2.05 bits per heavy atom. The van der Waals surface area contributed by atoms with Crippen LogP contribution in [0.1, 0.15) is 53.9 Å². The molecule has 2 N–H and O–H groups in total. The van der Waals surface area contributed by atoms with E-state index < -0.39 is 0 Å². The molecule has 20 heavy (non-hydrogen) atoms. The van der Waals surface area contributed by atoms with Gasteiger partial charge in [-0.05, 0) is 43.4 Å². The Bertz CT molecular complexity index is 316.